The molecule has 1 aromatic heterocycles. The van der Waals surface area contributed by atoms with Gasteiger partial charge in [0.2, 0.25) is 0 Å². The van der Waals surface area contributed by atoms with Crippen molar-refractivity contribution in [2.24, 2.45) is 0 Å². The van der Waals surface area contributed by atoms with Gasteiger partial charge in [0.25, 0.3) is 5.91 Å². The van der Waals surface area contributed by atoms with E-state index in [1.54, 1.807) is 18.5 Å². The molecule has 1 amide bonds. The van der Waals surface area contributed by atoms with Crippen molar-refractivity contribution in [3.63, 3.8) is 0 Å². The van der Waals surface area contributed by atoms with Gasteiger partial charge in [0.05, 0.1) is 17.4 Å². The van der Waals surface area contributed by atoms with E-state index in [9.17, 15) is 9.18 Å². The summed E-state index contributed by atoms with van der Waals surface area (Å²) in [5.41, 5.74) is 3.19. The molecule has 24 heavy (non-hydrogen) atoms. The summed E-state index contributed by atoms with van der Waals surface area (Å²) in [4.78, 5) is 24.1. The molecule has 122 valence electrons. The highest BCUT2D eigenvalue weighted by Crippen LogP contribution is 2.20. The number of para-hydroxylation sites is 1. The average molecular weight is 324 g/mol. The lowest BCUT2D eigenvalue weighted by atomic mass is 10.1. The number of anilines is 1. The molecule has 6 heteroatoms. The number of nitrogens with one attached hydrogen (secondary N) is 1. The van der Waals surface area contributed by atoms with Crippen molar-refractivity contribution < 1.29 is 9.18 Å². The normalized spacial score (nSPS) is 15.0. The zero-order valence-corrected chi connectivity index (χ0v) is 13.1. The molecule has 0 saturated carbocycles. The first-order chi connectivity index (χ1) is 11.7. The van der Waals surface area contributed by atoms with E-state index in [2.05, 4.69) is 14.9 Å². The third-order valence-electron chi connectivity index (χ3n) is 4.44. The molecule has 1 N–H and O–H groups in total. The van der Waals surface area contributed by atoms with Crippen LogP contribution in [0.3, 0.4) is 0 Å². The van der Waals surface area contributed by atoms with E-state index in [4.69, 9.17) is 0 Å². The highest BCUT2D eigenvalue weighted by atomic mass is 19.1. The van der Waals surface area contributed by atoms with Crippen molar-refractivity contribution in [1.29, 1.82) is 0 Å². The van der Waals surface area contributed by atoms with Crippen LogP contribution >= 0.6 is 0 Å². The van der Waals surface area contributed by atoms with E-state index in [1.807, 2.05) is 23.1 Å². The fourth-order valence-corrected chi connectivity index (χ4v) is 3.13. The second-order valence-electron chi connectivity index (χ2n) is 5.86. The summed E-state index contributed by atoms with van der Waals surface area (Å²) < 4.78 is 13.0. The number of nitrogens with zero attached hydrogens (tertiary/aromatic N) is 3. The summed E-state index contributed by atoms with van der Waals surface area (Å²) in [6.45, 7) is 2.73. The third kappa shape index (κ3) is 2.60. The Kier molecular flexibility index (Phi) is 3.65. The Morgan fingerprint density at radius 1 is 1.04 bits per heavy atom. The van der Waals surface area contributed by atoms with Crippen molar-refractivity contribution in [2.75, 3.05) is 31.1 Å². The van der Waals surface area contributed by atoms with Crippen LogP contribution in [0.2, 0.25) is 0 Å². The lowest BCUT2D eigenvalue weighted by molar-refractivity contribution is 0.0748. The number of hydrogen-bond acceptors (Lipinski definition) is 3. The van der Waals surface area contributed by atoms with Gasteiger partial charge in [-0.1, -0.05) is 6.07 Å². The van der Waals surface area contributed by atoms with Crippen molar-refractivity contribution >= 4 is 22.6 Å². The van der Waals surface area contributed by atoms with Crippen molar-refractivity contribution in [3.05, 3.63) is 60.2 Å². The van der Waals surface area contributed by atoms with Crippen LogP contribution in [0.25, 0.3) is 11.0 Å². The highest BCUT2D eigenvalue weighted by molar-refractivity contribution is 6.04. The average Bonchev–Trinajstić information content (AvgIpc) is 3.11. The van der Waals surface area contributed by atoms with Crippen LogP contribution in [0, 0.1) is 5.82 Å². The van der Waals surface area contributed by atoms with Crippen molar-refractivity contribution in [1.82, 2.24) is 14.9 Å². The number of hydrogen-bond donors (Lipinski definition) is 1. The van der Waals surface area contributed by atoms with Gasteiger partial charge in [0, 0.05) is 31.9 Å². The number of aromatic nitrogens is 2. The predicted molar refractivity (Wildman–Crippen MR) is 90.6 cm³/mol. The third-order valence-corrected chi connectivity index (χ3v) is 4.44. The van der Waals surface area contributed by atoms with E-state index in [0.29, 0.717) is 24.2 Å². The molecule has 4 rings (SSSR count). The molecule has 5 nitrogen and oxygen atoms in total. The molecule has 2 aromatic carbocycles. The van der Waals surface area contributed by atoms with Crippen molar-refractivity contribution in [2.45, 2.75) is 0 Å². The number of fused-ring (bicyclic) bond motifs is 1. The monoisotopic (exact) mass is 324 g/mol. The highest BCUT2D eigenvalue weighted by Gasteiger charge is 2.24. The van der Waals surface area contributed by atoms with Crippen LogP contribution in [-0.4, -0.2) is 47.0 Å². The van der Waals surface area contributed by atoms with E-state index in [1.165, 1.54) is 12.1 Å². The summed E-state index contributed by atoms with van der Waals surface area (Å²) in [6, 6.07) is 12.1. The molecular formula is C18H17FN4O. The molecule has 0 aliphatic carbocycles. The number of H-pyrrole nitrogens is 1. The van der Waals surface area contributed by atoms with Crippen LogP contribution in [0.1, 0.15) is 10.4 Å². The van der Waals surface area contributed by atoms with E-state index < -0.39 is 0 Å². The molecule has 3 aromatic rings. The van der Waals surface area contributed by atoms with Gasteiger partial charge in [-0.25, -0.2) is 9.37 Å². The first-order valence-corrected chi connectivity index (χ1v) is 7.94. The largest absolute Gasteiger partial charge is 0.368 e. The number of carbonyl (C=O) groups is 1. The smallest absolute Gasteiger partial charge is 0.256 e. The lowest BCUT2D eigenvalue weighted by Gasteiger charge is -2.36. The molecule has 0 bridgehead atoms. The standard InChI is InChI=1S/C18H17FN4O/c19-13-4-6-14(7-5-13)22-8-10-23(11-9-22)18(24)15-2-1-3-16-17(15)21-12-20-16/h1-7,12H,8-11H2,(H,20,21). The fourth-order valence-electron chi connectivity index (χ4n) is 3.13. The Labute approximate surface area is 138 Å². The number of aromatic amines is 1. The maximum absolute atomic E-state index is 13.0. The fraction of sp³-hybridized carbons (Fsp3) is 0.222. The second kappa shape index (κ2) is 5.96. The van der Waals surface area contributed by atoms with E-state index >= 15 is 0 Å². The van der Waals surface area contributed by atoms with E-state index in [0.717, 1.165) is 24.3 Å². The Morgan fingerprint density at radius 2 is 1.79 bits per heavy atom. The summed E-state index contributed by atoms with van der Waals surface area (Å²) in [5, 5.41) is 0. The van der Waals surface area contributed by atoms with Gasteiger partial charge in [-0.3, -0.25) is 4.79 Å². The maximum atomic E-state index is 13.0. The molecule has 1 aliphatic rings. The number of carbonyl (C=O) groups excluding carboxylic acids is 1. The molecule has 0 atom stereocenters. The zero-order chi connectivity index (χ0) is 16.5. The maximum Gasteiger partial charge on any atom is 0.256 e. The Bertz CT molecular complexity index is 866. The van der Waals surface area contributed by atoms with Gasteiger partial charge in [-0.2, -0.15) is 0 Å². The molecular weight excluding hydrogens is 307 g/mol. The lowest BCUT2D eigenvalue weighted by Crippen LogP contribution is -2.48. The Balaban J connectivity index is 1.48. The van der Waals surface area contributed by atoms with Crippen LogP contribution in [0.5, 0.6) is 0 Å². The summed E-state index contributed by atoms with van der Waals surface area (Å²) >= 11 is 0. The van der Waals surface area contributed by atoms with Crippen LogP contribution < -0.4 is 4.90 Å². The Morgan fingerprint density at radius 3 is 2.54 bits per heavy atom. The Hall–Kier alpha value is -2.89. The number of piperazine rings is 1. The van der Waals surface area contributed by atoms with Crippen LogP contribution in [0.4, 0.5) is 10.1 Å². The molecule has 1 aliphatic heterocycles. The van der Waals surface area contributed by atoms with Crippen LogP contribution in [-0.2, 0) is 0 Å². The number of benzene rings is 2. The molecule has 0 radical (unpaired) electrons. The van der Waals surface area contributed by atoms with Gasteiger partial charge < -0.3 is 14.8 Å². The second-order valence-corrected chi connectivity index (χ2v) is 5.86. The molecule has 1 saturated heterocycles. The van der Waals surface area contributed by atoms with Gasteiger partial charge in [0.15, 0.2) is 0 Å². The summed E-state index contributed by atoms with van der Waals surface area (Å²) in [5.74, 6) is -0.230. The molecule has 0 spiro atoms. The minimum Gasteiger partial charge on any atom is -0.368 e. The molecule has 2 heterocycles. The first-order valence-electron chi connectivity index (χ1n) is 7.94. The zero-order valence-electron chi connectivity index (χ0n) is 13.1. The predicted octanol–water partition coefficient (Wildman–Crippen LogP) is 2.66. The quantitative estimate of drug-likeness (QED) is 0.788. The number of rotatable bonds is 2. The van der Waals surface area contributed by atoms with Crippen LogP contribution in [0.15, 0.2) is 48.8 Å². The summed E-state index contributed by atoms with van der Waals surface area (Å²) in [6.07, 6.45) is 1.61. The van der Waals surface area contributed by atoms with Gasteiger partial charge in [-0.05, 0) is 36.4 Å². The first kappa shape index (κ1) is 14.7. The summed E-state index contributed by atoms with van der Waals surface area (Å²) in [7, 11) is 0. The number of amides is 1. The SMILES string of the molecule is O=C(c1cccc2[nH]cnc12)N1CCN(c2ccc(F)cc2)CC1. The number of halogens is 1. The minimum atomic E-state index is -0.236. The topological polar surface area (TPSA) is 52.2 Å². The minimum absolute atomic E-state index is 0.00598. The van der Waals surface area contributed by atoms with Crippen molar-refractivity contribution in [3.8, 4) is 0 Å². The molecule has 0 unspecified atom stereocenters. The van der Waals surface area contributed by atoms with Gasteiger partial charge >= 0.3 is 0 Å². The molecule has 1 fully saturated rings. The van der Waals surface area contributed by atoms with Gasteiger partial charge in [0.1, 0.15) is 11.3 Å². The van der Waals surface area contributed by atoms with E-state index in [-0.39, 0.29) is 11.7 Å². The van der Waals surface area contributed by atoms with Gasteiger partial charge in [-0.15, -0.1) is 0 Å². The number of imidazole rings is 1.